The van der Waals surface area contributed by atoms with Gasteiger partial charge in [-0.3, -0.25) is 9.71 Å². The molecule has 0 radical (unpaired) electrons. The van der Waals surface area contributed by atoms with Gasteiger partial charge in [0.15, 0.2) is 0 Å². The molecule has 2 N–H and O–H groups in total. The molecule has 0 amide bonds. The molecule has 0 atom stereocenters. The van der Waals surface area contributed by atoms with Crippen molar-refractivity contribution in [1.29, 1.82) is 0 Å². The van der Waals surface area contributed by atoms with Gasteiger partial charge in [0.25, 0.3) is 10.0 Å². The first-order valence-corrected chi connectivity index (χ1v) is 7.39. The molecule has 0 unspecified atom stereocenters. The van der Waals surface area contributed by atoms with Crippen LogP contribution in [0.25, 0.3) is 6.08 Å². The summed E-state index contributed by atoms with van der Waals surface area (Å²) < 4.78 is 26.7. The van der Waals surface area contributed by atoms with Crippen molar-refractivity contribution < 1.29 is 18.3 Å². The lowest BCUT2D eigenvalue weighted by molar-refractivity contribution is -0.131. The number of aromatic nitrogens is 1. The van der Waals surface area contributed by atoms with Crippen molar-refractivity contribution >= 4 is 27.8 Å². The molecular weight excluding hydrogens is 292 g/mol. The molecule has 1 aromatic heterocycles. The Morgan fingerprint density at radius 3 is 2.48 bits per heavy atom. The van der Waals surface area contributed by atoms with E-state index in [1.165, 1.54) is 36.5 Å². The van der Waals surface area contributed by atoms with E-state index in [0.717, 1.165) is 6.08 Å². The highest BCUT2D eigenvalue weighted by Crippen LogP contribution is 2.16. The Morgan fingerprint density at radius 2 is 1.90 bits per heavy atom. The fraction of sp³-hybridized carbons (Fsp3) is 0. The first-order chi connectivity index (χ1) is 9.97. The van der Waals surface area contributed by atoms with Crippen LogP contribution in [0.2, 0.25) is 0 Å². The summed E-state index contributed by atoms with van der Waals surface area (Å²) in [5, 5.41) is 8.52. The van der Waals surface area contributed by atoms with Crippen LogP contribution in [0.15, 0.2) is 59.8 Å². The third kappa shape index (κ3) is 4.15. The number of sulfonamides is 1. The summed E-state index contributed by atoms with van der Waals surface area (Å²) >= 11 is 0. The Hall–Kier alpha value is -2.67. The van der Waals surface area contributed by atoms with Gasteiger partial charge in [0.05, 0.1) is 16.8 Å². The number of nitrogens with zero attached hydrogens (tertiary/aromatic N) is 1. The topological polar surface area (TPSA) is 96.4 Å². The number of rotatable bonds is 5. The fourth-order valence-electron chi connectivity index (χ4n) is 1.56. The van der Waals surface area contributed by atoms with E-state index in [4.69, 9.17) is 5.11 Å². The van der Waals surface area contributed by atoms with Crippen LogP contribution in [0.5, 0.6) is 0 Å². The normalized spacial score (nSPS) is 11.4. The quantitative estimate of drug-likeness (QED) is 0.823. The van der Waals surface area contributed by atoms with E-state index in [1.54, 1.807) is 18.3 Å². The van der Waals surface area contributed by atoms with Crippen LogP contribution in [0.3, 0.4) is 0 Å². The Labute approximate surface area is 121 Å². The largest absolute Gasteiger partial charge is 0.478 e. The molecule has 2 rings (SSSR count). The summed E-state index contributed by atoms with van der Waals surface area (Å²) in [6, 6.07) is 9.07. The zero-order valence-electron chi connectivity index (χ0n) is 10.8. The second-order valence-corrected chi connectivity index (χ2v) is 5.77. The average molecular weight is 304 g/mol. The number of anilines is 1. The molecule has 108 valence electrons. The van der Waals surface area contributed by atoms with Gasteiger partial charge in [-0.05, 0) is 35.9 Å². The number of pyridine rings is 1. The molecule has 6 nitrogen and oxygen atoms in total. The Kier molecular flexibility index (Phi) is 4.34. The second kappa shape index (κ2) is 6.19. The third-order valence-corrected chi connectivity index (χ3v) is 3.92. The monoisotopic (exact) mass is 304 g/mol. The molecule has 0 aliphatic rings. The van der Waals surface area contributed by atoms with Gasteiger partial charge >= 0.3 is 5.97 Å². The molecule has 0 fully saturated rings. The minimum atomic E-state index is -3.69. The van der Waals surface area contributed by atoms with Gasteiger partial charge in [0.1, 0.15) is 0 Å². The first kappa shape index (κ1) is 14.7. The highest BCUT2D eigenvalue weighted by atomic mass is 32.2. The van der Waals surface area contributed by atoms with E-state index in [1.807, 2.05) is 0 Å². The fourth-order valence-corrected chi connectivity index (χ4v) is 2.61. The van der Waals surface area contributed by atoms with Gasteiger partial charge in [-0.15, -0.1) is 0 Å². The smallest absolute Gasteiger partial charge is 0.328 e. The number of carboxylic acid groups (broad SMARTS) is 1. The maximum Gasteiger partial charge on any atom is 0.328 e. The summed E-state index contributed by atoms with van der Waals surface area (Å²) in [5.74, 6) is -1.06. The van der Waals surface area contributed by atoms with E-state index >= 15 is 0 Å². The van der Waals surface area contributed by atoms with Crippen molar-refractivity contribution in [3.05, 3.63) is 60.4 Å². The number of nitrogens with one attached hydrogen (secondary N) is 1. The number of carbonyl (C=O) groups is 1. The van der Waals surface area contributed by atoms with Crippen LogP contribution in [0.4, 0.5) is 5.69 Å². The number of aliphatic carboxylic acids is 1. The molecule has 0 aliphatic heterocycles. The van der Waals surface area contributed by atoms with Crippen LogP contribution in [0.1, 0.15) is 5.56 Å². The SMILES string of the molecule is O=C(O)/C=C/c1ccc(S(=O)(=O)Nc2cccnc2)cc1. The minimum absolute atomic E-state index is 0.0822. The summed E-state index contributed by atoms with van der Waals surface area (Å²) in [6.07, 6.45) is 5.31. The number of hydrogen-bond donors (Lipinski definition) is 2. The van der Waals surface area contributed by atoms with Gasteiger partial charge in [-0.2, -0.15) is 0 Å². The molecule has 0 aliphatic carbocycles. The van der Waals surface area contributed by atoms with Crippen molar-refractivity contribution in [3.63, 3.8) is 0 Å². The van der Waals surface area contributed by atoms with E-state index in [2.05, 4.69) is 9.71 Å². The number of benzene rings is 1. The summed E-state index contributed by atoms with van der Waals surface area (Å²) in [6.45, 7) is 0. The lowest BCUT2D eigenvalue weighted by Gasteiger charge is -2.07. The molecule has 21 heavy (non-hydrogen) atoms. The molecule has 0 spiro atoms. The zero-order valence-corrected chi connectivity index (χ0v) is 11.6. The lowest BCUT2D eigenvalue weighted by atomic mass is 10.2. The first-order valence-electron chi connectivity index (χ1n) is 5.91. The van der Waals surface area contributed by atoms with E-state index < -0.39 is 16.0 Å². The second-order valence-electron chi connectivity index (χ2n) is 4.09. The van der Waals surface area contributed by atoms with Gasteiger partial charge in [0.2, 0.25) is 0 Å². The molecule has 2 aromatic rings. The molecule has 1 aromatic carbocycles. The standard InChI is InChI=1S/C14H12N2O4S/c17-14(18)8-5-11-3-6-13(7-4-11)21(19,20)16-12-2-1-9-15-10-12/h1-10,16H,(H,17,18)/b8-5+. The predicted octanol–water partition coefficient (Wildman–Crippen LogP) is 1.98. The summed E-state index contributed by atoms with van der Waals surface area (Å²) in [5.41, 5.74) is 0.963. The van der Waals surface area contributed by atoms with Crippen LogP contribution in [0, 0.1) is 0 Å². The highest BCUT2D eigenvalue weighted by Gasteiger charge is 2.13. The molecule has 0 saturated carbocycles. The van der Waals surface area contributed by atoms with Gasteiger partial charge in [-0.1, -0.05) is 12.1 Å². The van der Waals surface area contributed by atoms with E-state index in [-0.39, 0.29) is 4.90 Å². The lowest BCUT2D eigenvalue weighted by Crippen LogP contribution is -2.12. The van der Waals surface area contributed by atoms with Crippen molar-refractivity contribution in [2.24, 2.45) is 0 Å². The van der Waals surface area contributed by atoms with E-state index in [9.17, 15) is 13.2 Å². The predicted molar refractivity (Wildman–Crippen MR) is 78.2 cm³/mol. The van der Waals surface area contributed by atoms with Crippen LogP contribution in [-0.4, -0.2) is 24.5 Å². The number of hydrogen-bond acceptors (Lipinski definition) is 4. The average Bonchev–Trinajstić information content (AvgIpc) is 2.46. The Morgan fingerprint density at radius 1 is 1.19 bits per heavy atom. The molecule has 7 heteroatoms. The van der Waals surface area contributed by atoms with Crippen molar-refractivity contribution in [2.75, 3.05) is 4.72 Å². The summed E-state index contributed by atoms with van der Waals surface area (Å²) in [4.78, 5) is 14.3. The summed E-state index contributed by atoms with van der Waals surface area (Å²) in [7, 11) is -3.69. The molecule has 0 bridgehead atoms. The van der Waals surface area contributed by atoms with Crippen LogP contribution >= 0.6 is 0 Å². The van der Waals surface area contributed by atoms with Gasteiger partial charge < -0.3 is 5.11 Å². The molecular formula is C14H12N2O4S. The van der Waals surface area contributed by atoms with Crippen molar-refractivity contribution in [1.82, 2.24) is 4.98 Å². The Bertz CT molecular complexity index is 753. The maximum absolute atomic E-state index is 12.1. The van der Waals surface area contributed by atoms with E-state index in [0.29, 0.717) is 11.3 Å². The van der Waals surface area contributed by atoms with Crippen molar-refractivity contribution in [3.8, 4) is 0 Å². The maximum atomic E-state index is 12.1. The van der Waals surface area contributed by atoms with Gasteiger partial charge in [0, 0.05) is 12.3 Å². The number of carboxylic acids is 1. The zero-order chi connectivity index (χ0) is 15.3. The highest BCUT2D eigenvalue weighted by molar-refractivity contribution is 7.92. The minimum Gasteiger partial charge on any atom is -0.478 e. The molecule has 1 heterocycles. The molecule has 0 saturated heterocycles. The van der Waals surface area contributed by atoms with Gasteiger partial charge in [-0.25, -0.2) is 13.2 Å². The van der Waals surface area contributed by atoms with Crippen molar-refractivity contribution in [2.45, 2.75) is 4.90 Å². The third-order valence-electron chi connectivity index (χ3n) is 2.52. The van der Waals surface area contributed by atoms with Crippen LogP contribution in [-0.2, 0) is 14.8 Å². The Balaban J connectivity index is 2.19. The van der Waals surface area contributed by atoms with Crippen LogP contribution < -0.4 is 4.72 Å².